The second kappa shape index (κ2) is 23.0. The van der Waals surface area contributed by atoms with Gasteiger partial charge in [-0.2, -0.15) is 0 Å². The van der Waals surface area contributed by atoms with Crippen LogP contribution in [0.25, 0.3) is 0 Å². The molecular formula is C35H53N11O13. The molecule has 0 aromatic heterocycles. The van der Waals surface area contributed by atoms with E-state index in [4.69, 9.17) is 28.0 Å². The number of carbonyl (C=O) groups excluding carboxylic acids is 7. The number of aliphatic carboxylic acids is 2. The van der Waals surface area contributed by atoms with E-state index in [9.17, 15) is 58.5 Å². The number of phenolic OH excluding ortho intramolecular Hbond substituents is 1. The van der Waals surface area contributed by atoms with Crippen molar-refractivity contribution in [2.45, 2.75) is 107 Å². The van der Waals surface area contributed by atoms with Gasteiger partial charge in [-0.05, 0) is 57.2 Å². The first-order valence-corrected chi connectivity index (χ1v) is 18.4. The second-order valence-electron chi connectivity index (χ2n) is 13.9. The molecule has 59 heavy (non-hydrogen) atoms. The predicted molar refractivity (Wildman–Crippen MR) is 205 cm³/mol. The number of carboxylic acid groups (broad SMARTS) is 2. The third kappa shape index (κ3) is 16.1. The minimum Gasteiger partial charge on any atom is -0.508 e. The van der Waals surface area contributed by atoms with Crippen LogP contribution in [0.3, 0.4) is 0 Å². The Kier molecular flexibility index (Phi) is 18.9. The Bertz CT molecular complexity index is 1740. The molecule has 17 N–H and O–H groups in total. The second-order valence-corrected chi connectivity index (χ2v) is 13.9. The monoisotopic (exact) mass is 835 g/mol. The number of carbonyl (C=O) groups is 9. The SMILES string of the molecule is C[C@H](NC(=O)[C@H](CC(=O)O)NC(=O)[C@@H](NC(=O)[C@H](Cc1ccc(O)cc1)NC(=O)[C@H](CC(N)=O)NC(=O)[C@@H]1CCCN1C(=O)[C@@H](N)CCCN=C(N)N)[C@@H](C)O)C(=O)O. The lowest BCUT2D eigenvalue weighted by atomic mass is 10.0. The summed E-state index contributed by atoms with van der Waals surface area (Å²) in [4.78, 5) is 120. The molecule has 24 heteroatoms. The molecule has 0 saturated carbocycles. The van der Waals surface area contributed by atoms with Gasteiger partial charge in [-0.3, -0.25) is 48.1 Å². The van der Waals surface area contributed by atoms with Crippen molar-refractivity contribution in [3.8, 4) is 5.75 Å². The highest BCUT2D eigenvalue weighted by molar-refractivity contribution is 5.99. The molecule has 1 aromatic carbocycles. The van der Waals surface area contributed by atoms with Gasteiger partial charge in [-0.25, -0.2) is 0 Å². The van der Waals surface area contributed by atoms with Gasteiger partial charge in [0.2, 0.25) is 41.4 Å². The van der Waals surface area contributed by atoms with Gasteiger partial charge in [0.25, 0.3) is 0 Å². The first kappa shape index (κ1) is 48.6. The third-order valence-corrected chi connectivity index (χ3v) is 8.97. The zero-order chi connectivity index (χ0) is 44.6. The molecule has 7 amide bonds. The summed E-state index contributed by atoms with van der Waals surface area (Å²) in [5.74, 6) is -10.4. The summed E-state index contributed by atoms with van der Waals surface area (Å²) in [6.07, 6.45) is -2.67. The molecule has 326 valence electrons. The van der Waals surface area contributed by atoms with Gasteiger partial charge in [-0.1, -0.05) is 12.1 Å². The number of nitrogens with zero attached hydrogens (tertiary/aromatic N) is 2. The summed E-state index contributed by atoms with van der Waals surface area (Å²) in [7, 11) is 0. The lowest BCUT2D eigenvalue weighted by Gasteiger charge is -2.29. The number of aliphatic hydroxyl groups excluding tert-OH is 1. The number of hydrogen-bond donors (Lipinski definition) is 13. The topological polar surface area (TPSA) is 414 Å². The first-order valence-electron chi connectivity index (χ1n) is 18.4. The highest BCUT2D eigenvalue weighted by Crippen LogP contribution is 2.20. The van der Waals surface area contributed by atoms with Crippen molar-refractivity contribution >= 4 is 59.2 Å². The number of nitrogens with one attached hydrogen (secondary N) is 5. The van der Waals surface area contributed by atoms with Gasteiger partial charge in [0.1, 0.15) is 42.0 Å². The van der Waals surface area contributed by atoms with Crippen molar-refractivity contribution in [1.29, 1.82) is 0 Å². The summed E-state index contributed by atoms with van der Waals surface area (Å²) < 4.78 is 0. The Morgan fingerprint density at radius 3 is 1.95 bits per heavy atom. The number of nitrogens with two attached hydrogens (primary N) is 4. The number of phenols is 1. The number of hydrogen-bond acceptors (Lipinski definition) is 13. The first-order chi connectivity index (χ1) is 27.6. The fourth-order valence-corrected chi connectivity index (χ4v) is 5.87. The molecule has 1 aliphatic heterocycles. The number of rotatable bonds is 23. The molecule has 0 aliphatic carbocycles. The van der Waals surface area contributed by atoms with Crippen LogP contribution < -0.4 is 49.5 Å². The number of likely N-dealkylation sites (tertiary alicyclic amines) is 1. The maximum Gasteiger partial charge on any atom is 0.325 e. The van der Waals surface area contributed by atoms with Crippen molar-refractivity contribution in [2.24, 2.45) is 27.9 Å². The van der Waals surface area contributed by atoms with E-state index < -0.39 is 115 Å². The zero-order valence-electron chi connectivity index (χ0n) is 32.5. The molecule has 1 saturated heterocycles. The van der Waals surface area contributed by atoms with Crippen LogP contribution in [0.1, 0.15) is 57.9 Å². The molecule has 0 spiro atoms. The number of amides is 7. The van der Waals surface area contributed by atoms with Crippen LogP contribution in [0.4, 0.5) is 0 Å². The van der Waals surface area contributed by atoms with Gasteiger partial charge in [0, 0.05) is 19.5 Å². The highest BCUT2D eigenvalue weighted by atomic mass is 16.4. The number of primary amides is 1. The van der Waals surface area contributed by atoms with Crippen LogP contribution in [0.15, 0.2) is 29.3 Å². The van der Waals surface area contributed by atoms with Crippen molar-refractivity contribution in [3.63, 3.8) is 0 Å². The fourth-order valence-electron chi connectivity index (χ4n) is 5.87. The van der Waals surface area contributed by atoms with E-state index >= 15 is 0 Å². The molecule has 0 bridgehead atoms. The Hall–Kier alpha value is -6.56. The molecule has 0 unspecified atom stereocenters. The van der Waals surface area contributed by atoms with Gasteiger partial charge < -0.3 is 74.8 Å². The molecule has 1 heterocycles. The number of carboxylic acids is 2. The van der Waals surface area contributed by atoms with Crippen LogP contribution >= 0.6 is 0 Å². The summed E-state index contributed by atoms with van der Waals surface area (Å²) in [5, 5.41) is 49.8. The predicted octanol–water partition coefficient (Wildman–Crippen LogP) is -5.43. The van der Waals surface area contributed by atoms with Crippen molar-refractivity contribution in [2.75, 3.05) is 13.1 Å². The molecule has 1 fully saturated rings. The summed E-state index contributed by atoms with van der Waals surface area (Å²) in [5.41, 5.74) is 22.5. The molecule has 0 radical (unpaired) electrons. The molecule has 8 atom stereocenters. The fraction of sp³-hybridized carbons (Fsp3) is 0.543. The van der Waals surface area contributed by atoms with E-state index in [2.05, 4.69) is 26.3 Å². The van der Waals surface area contributed by atoms with Gasteiger partial charge in [0.15, 0.2) is 5.96 Å². The summed E-state index contributed by atoms with van der Waals surface area (Å²) in [6, 6.07) is -5.31. The Morgan fingerprint density at radius 2 is 1.39 bits per heavy atom. The number of guanidine groups is 1. The van der Waals surface area contributed by atoms with Crippen molar-refractivity contribution in [3.05, 3.63) is 29.8 Å². The average molecular weight is 836 g/mol. The minimum absolute atomic E-state index is 0.128. The average Bonchev–Trinajstić information content (AvgIpc) is 3.64. The largest absolute Gasteiger partial charge is 0.508 e. The van der Waals surface area contributed by atoms with E-state index in [-0.39, 0.29) is 44.1 Å². The molecule has 24 nitrogen and oxygen atoms in total. The summed E-state index contributed by atoms with van der Waals surface area (Å²) >= 11 is 0. The van der Waals surface area contributed by atoms with Crippen molar-refractivity contribution < 1.29 is 63.6 Å². The maximum absolute atomic E-state index is 13.8. The third-order valence-electron chi connectivity index (χ3n) is 8.97. The van der Waals surface area contributed by atoms with Crippen LogP contribution in [-0.2, 0) is 49.6 Å². The van der Waals surface area contributed by atoms with E-state index in [0.29, 0.717) is 18.4 Å². The molecule has 1 aliphatic rings. The van der Waals surface area contributed by atoms with E-state index in [1.54, 1.807) is 0 Å². The Labute approximate surface area is 337 Å². The van der Waals surface area contributed by atoms with Gasteiger partial charge >= 0.3 is 11.9 Å². The molecule has 2 rings (SSSR count). The van der Waals surface area contributed by atoms with Crippen LogP contribution in [0, 0.1) is 0 Å². The van der Waals surface area contributed by atoms with Crippen molar-refractivity contribution in [1.82, 2.24) is 31.5 Å². The van der Waals surface area contributed by atoms with Gasteiger partial charge in [-0.15, -0.1) is 0 Å². The lowest BCUT2D eigenvalue weighted by molar-refractivity contribution is -0.143. The zero-order valence-corrected chi connectivity index (χ0v) is 32.5. The smallest absolute Gasteiger partial charge is 0.325 e. The lowest BCUT2D eigenvalue weighted by Crippen LogP contribution is -2.62. The highest BCUT2D eigenvalue weighted by Gasteiger charge is 2.39. The standard InChI is InChI=1S/C35H53N11O13/c1-16(34(58)59)41-28(52)23(15-26(50)51)44-32(56)27(17(2)47)45-30(54)21(13-18-7-9-19(48)10-8-18)42-29(53)22(14-25(37)49)43-31(55)24-6-4-12-46(24)33(57)20(36)5-3-11-40-35(38)39/h7-10,16-17,20-24,27,47-48H,3-6,11-15,36H2,1-2H3,(H2,37,49)(H,41,52)(H,42,53)(H,43,55)(H,44,56)(H,45,54)(H,50,51)(H,58,59)(H4,38,39,40)/t16-,17+,20-,21-,22-,23-,24-,27-/m0/s1. The van der Waals surface area contributed by atoms with Gasteiger partial charge in [0.05, 0.1) is 25.0 Å². The number of aliphatic hydroxyl groups is 1. The normalized spacial score (nSPS) is 17.0. The Balaban J connectivity index is 2.34. The molecule has 1 aromatic rings. The minimum atomic E-state index is -1.90. The Morgan fingerprint density at radius 1 is 0.814 bits per heavy atom. The van der Waals surface area contributed by atoms with E-state index in [1.807, 2.05) is 5.32 Å². The number of aliphatic imine (C=N–C) groups is 1. The van der Waals surface area contributed by atoms with Crippen LogP contribution in [-0.4, -0.2) is 146 Å². The van der Waals surface area contributed by atoms with Crippen LogP contribution in [0.2, 0.25) is 0 Å². The summed E-state index contributed by atoms with van der Waals surface area (Å²) in [6.45, 7) is 2.55. The quantitative estimate of drug-likeness (QED) is 0.0278. The number of aromatic hydroxyl groups is 1. The molecular weight excluding hydrogens is 782 g/mol. The number of benzene rings is 1. The maximum atomic E-state index is 13.8. The van der Waals surface area contributed by atoms with E-state index in [1.165, 1.54) is 29.2 Å². The van der Waals surface area contributed by atoms with E-state index in [0.717, 1.165) is 13.8 Å². The van der Waals surface area contributed by atoms with Crippen LogP contribution in [0.5, 0.6) is 5.75 Å².